The zero-order valence-corrected chi connectivity index (χ0v) is 38.4. The Morgan fingerprint density at radius 3 is 1.71 bits per heavy atom. The fraction of sp³-hybridized carbons (Fsp3) is 0.160. The molecule has 2 amide bonds. The number of carbonyl (C=O) groups excluding carboxylic acids is 2. The summed E-state index contributed by atoms with van der Waals surface area (Å²) in [5.41, 5.74) is 5.00. The first kappa shape index (κ1) is 46.2. The molecular formula is C50H43F4N10O6+. The lowest BCUT2D eigenvalue weighted by atomic mass is 10.0. The summed E-state index contributed by atoms with van der Waals surface area (Å²) in [6.45, 7) is 0.0562. The Morgan fingerprint density at radius 1 is 0.643 bits per heavy atom. The van der Waals surface area contributed by atoms with E-state index < -0.39 is 23.3 Å². The maximum absolute atomic E-state index is 14.6. The number of hydrogen-bond donors (Lipinski definition) is 3. The Balaban J connectivity index is 0.000000174. The largest absolute Gasteiger partial charge is 0.451 e. The van der Waals surface area contributed by atoms with Gasteiger partial charge in [0.1, 0.15) is 34.7 Å². The summed E-state index contributed by atoms with van der Waals surface area (Å²) in [7, 11) is 9.90. The molecule has 0 aliphatic carbocycles. The zero-order valence-electron chi connectivity index (χ0n) is 38.4. The van der Waals surface area contributed by atoms with E-state index in [2.05, 4.69) is 19.9 Å². The van der Waals surface area contributed by atoms with Gasteiger partial charge in [-0.25, -0.2) is 32.1 Å². The number of imidazole rings is 2. The summed E-state index contributed by atoms with van der Waals surface area (Å²) in [5.74, 6) is -3.35. The van der Waals surface area contributed by atoms with Gasteiger partial charge in [-0.1, -0.05) is 0 Å². The van der Waals surface area contributed by atoms with Gasteiger partial charge in [-0.15, -0.1) is 0 Å². The molecule has 0 spiro atoms. The van der Waals surface area contributed by atoms with Crippen molar-refractivity contribution < 1.29 is 41.2 Å². The summed E-state index contributed by atoms with van der Waals surface area (Å²) in [4.78, 5) is 66.3. The molecule has 3 N–H and O–H groups in total. The number of carbonyl (C=O) groups is 2. The van der Waals surface area contributed by atoms with E-state index >= 15 is 0 Å². The van der Waals surface area contributed by atoms with Gasteiger partial charge in [0.2, 0.25) is 17.8 Å². The van der Waals surface area contributed by atoms with Crippen molar-refractivity contribution >= 4 is 55.7 Å². The van der Waals surface area contributed by atoms with E-state index in [0.717, 1.165) is 24.3 Å². The van der Waals surface area contributed by atoms with E-state index in [0.29, 0.717) is 66.1 Å². The molecule has 0 aliphatic rings. The third kappa shape index (κ3) is 8.50. The molecule has 10 rings (SSSR count). The van der Waals surface area contributed by atoms with Crippen molar-refractivity contribution in [3.63, 3.8) is 0 Å². The van der Waals surface area contributed by atoms with E-state index in [1.54, 1.807) is 113 Å². The Labute approximate surface area is 394 Å². The first-order chi connectivity index (χ1) is 33.5. The molecule has 0 fully saturated rings. The van der Waals surface area contributed by atoms with Crippen LogP contribution in [0.2, 0.25) is 0 Å². The van der Waals surface area contributed by atoms with Gasteiger partial charge in [-0.2, -0.15) is 0 Å². The van der Waals surface area contributed by atoms with E-state index in [-0.39, 0.29) is 59.0 Å². The lowest BCUT2D eigenvalue weighted by Gasteiger charge is -2.17. The molecule has 6 aromatic heterocycles. The number of ether oxygens (including phenoxy) is 2. The van der Waals surface area contributed by atoms with Gasteiger partial charge < -0.3 is 42.9 Å². The van der Waals surface area contributed by atoms with Crippen molar-refractivity contribution in [1.82, 2.24) is 43.4 Å². The van der Waals surface area contributed by atoms with Crippen molar-refractivity contribution in [1.29, 1.82) is 0 Å². The molecule has 0 aliphatic heterocycles. The van der Waals surface area contributed by atoms with Crippen LogP contribution in [-0.2, 0) is 36.8 Å². The second-order valence-electron chi connectivity index (χ2n) is 16.8. The molecule has 10 aromatic rings. The first-order valence-corrected chi connectivity index (χ1v) is 21.5. The van der Waals surface area contributed by atoms with Crippen LogP contribution in [0.5, 0.6) is 23.0 Å². The minimum atomic E-state index is -0.879. The van der Waals surface area contributed by atoms with Gasteiger partial charge in [0.25, 0.3) is 17.0 Å². The number of rotatable bonds is 10. The molecule has 6 heterocycles. The van der Waals surface area contributed by atoms with Crippen LogP contribution in [0.3, 0.4) is 0 Å². The van der Waals surface area contributed by atoms with Crippen LogP contribution in [0.15, 0.2) is 120 Å². The highest BCUT2D eigenvalue weighted by molar-refractivity contribution is 6.01. The number of likely N-dealkylation sites (N-methyl/N-ethyl adjacent to an activating group) is 2. The zero-order chi connectivity index (χ0) is 49.7. The van der Waals surface area contributed by atoms with Crippen LogP contribution in [0.25, 0.3) is 66.1 Å². The number of hydrogen-bond acceptors (Lipinski definition) is 7. The number of aromatic amines is 3. The van der Waals surface area contributed by atoms with Crippen molar-refractivity contribution in [2.45, 2.75) is 13.1 Å². The number of pyridine rings is 2. The van der Waals surface area contributed by atoms with Crippen molar-refractivity contribution in [3.8, 4) is 45.3 Å². The van der Waals surface area contributed by atoms with Crippen LogP contribution in [0, 0.1) is 23.3 Å². The van der Waals surface area contributed by atoms with E-state index in [4.69, 9.17) is 9.47 Å². The second-order valence-corrected chi connectivity index (χ2v) is 16.8. The Bertz CT molecular complexity index is 3830. The van der Waals surface area contributed by atoms with Crippen LogP contribution in [0.1, 0.15) is 0 Å². The first-order valence-electron chi connectivity index (χ1n) is 21.5. The predicted molar refractivity (Wildman–Crippen MR) is 254 cm³/mol. The fourth-order valence-electron chi connectivity index (χ4n) is 8.06. The minimum Gasteiger partial charge on any atom is -0.451 e. The average Bonchev–Trinajstić information content (AvgIpc) is 4.16. The van der Waals surface area contributed by atoms with E-state index in [1.165, 1.54) is 37.4 Å². The minimum absolute atomic E-state index is 0.0257. The van der Waals surface area contributed by atoms with Gasteiger partial charge in [-0.05, 0) is 60.7 Å². The molecule has 0 unspecified atom stereocenters. The number of halogens is 4. The number of amides is 2. The molecule has 70 heavy (non-hydrogen) atoms. The highest BCUT2D eigenvalue weighted by Gasteiger charge is 2.26. The van der Waals surface area contributed by atoms with Crippen LogP contribution in [0.4, 0.5) is 17.6 Å². The number of nitrogens with zero attached hydrogens (tertiary/aromatic N) is 7. The number of aryl methyl sites for hydroxylation is 2. The number of aromatic nitrogens is 8. The third-order valence-corrected chi connectivity index (χ3v) is 11.7. The second kappa shape index (κ2) is 18.3. The summed E-state index contributed by atoms with van der Waals surface area (Å²) in [6.07, 6.45) is 9.82. The summed E-state index contributed by atoms with van der Waals surface area (Å²) in [5, 5.41) is 1.31. The molecule has 0 saturated carbocycles. The lowest BCUT2D eigenvalue weighted by molar-refractivity contribution is -0.659. The number of nitrogens with one attached hydrogen (secondary N) is 3. The normalized spacial score (nSPS) is 11.3. The summed E-state index contributed by atoms with van der Waals surface area (Å²) < 4.78 is 74.6. The lowest BCUT2D eigenvalue weighted by Crippen LogP contribution is -2.41. The number of H-pyrrole nitrogens is 3. The SMILES string of the molecule is CN(C)C(=O)C[n+]1c[nH]c2c(Oc3ccc(F)cc3F)c(-c3cn(C)c(=O)c4[nH]ccc34)ccc21.CN(C)C(=O)Cn1cnc2ccc(-c3cn(C)c(=O)c4[nH]ccc34)c(Oc3ccc(F)cc3F)c21. The monoisotopic (exact) mass is 955 g/mol. The Morgan fingerprint density at radius 2 is 1.17 bits per heavy atom. The molecular weight excluding hydrogens is 913 g/mol. The average molecular weight is 956 g/mol. The quantitative estimate of drug-likeness (QED) is 0.0941. The molecule has 356 valence electrons. The third-order valence-electron chi connectivity index (χ3n) is 11.7. The molecule has 0 bridgehead atoms. The molecule has 4 aromatic carbocycles. The summed E-state index contributed by atoms with van der Waals surface area (Å²) >= 11 is 0. The van der Waals surface area contributed by atoms with Gasteiger partial charge in [0.15, 0.2) is 46.7 Å². The Hall–Kier alpha value is -8.94. The van der Waals surface area contributed by atoms with Crippen LogP contribution >= 0.6 is 0 Å². The maximum Gasteiger partial charge on any atom is 0.274 e. The maximum atomic E-state index is 14.6. The van der Waals surface area contributed by atoms with Gasteiger partial charge in [-0.3, -0.25) is 19.2 Å². The van der Waals surface area contributed by atoms with E-state index in [1.807, 2.05) is 6.07 Å². The number of benzene rings is 4. The fourth-order valence-corrected chi connectivity index (χ4v) is 8.06. The van der Waals surface area contributed by atoms with Crippen molar-refractivity contribution in [3.05, 3.63) is 154 Å². The van der Waals surface area contributed by atoms with Gasteiger partial charge in [0.05, 0.1) is 11.8 Å². The number of fused-ring (bicyclic) bond motifs is 4. The molecule has 16 nitrogen and oxygen atoms in total. The molecule has 0 radical (unpaired) electrons. The van der Waals surface area contributed by atoms with Gasteiger partial charge in [0, 0.05) is 112 Å². The Kier molecular flexibility index (Phi) is 12.1. The van der Waals surface area contributed by atoms with E-state index in [9.17, 15) is 36.7 Å². The molecule has 0 saturated heterocycles. The predicted octanol–water partition coefficient (Wildman–Crippen LogP) is 7.50. The highest BCUT2D eigenvalue weighted by atomic mass is 19.1. The van der Waals surface area contributed by atoms with Gasteiger partial charge >= 0.3 is 0 Å². The van der Waals surface area contributed by atoms with Crippen LogP contribution < -0.4 is 25.2 Å². The molecule has 20 heteroatoms. The smallest absolute Gasteiger partial charge is 0.274 e. The summed E-state index contributed by atoms with van der Waals surface area (Å²) in [6, 6.07) is 16.8. The highest BCUT2D eigenvalue weighted by Crippen LogP contribution is 2.43. The van der Waals surface area contributed by atoms with Crippen LogP contribution in [-0.4, -0.2) is 83.4 Å². The van der Waals surface area contributed by atoms with Crippen molar-refractivity contribution in [2.75, 3.05) is 28.2 Å². The standard InChI is InChI=1S/2C25H21F2N5O3/c1-30(2)21(33)12-32-13-29-23-19(32)6-5-16(24(23)35-20-7-4-14(26)10-18(20)27)17-11-31(3)25(34)22-15(17)8-9-28-22;1-30(2)21(33)12-32-13-29-19-6-5-16(17-11-31(3)25(34)22-15(17)8-9-28-22)24(23(19)32)35-20-7-4-14(26)10-18(20)27/h4-11,13H,12H2,1-3H3,(H,28,34);4-11,13,28H,12H2,1-3H3/p+1. The topological polar surface area (TPSA) is 172 Å². The molecule has 0 atom stereocenters. The van der Waals surface area contributed by atoms with Crippen molar-refractivity contribution in [2.24, 2.45) is 14.1 Å².